The average molecular weight is 220 g/mol. The van der Waals surface area contributed by atoms with Crippen molar-refractivity contribution in [2.24, 2.45) is 11.8 Å². The lowest BCUT2D eigenvalue weighted by atomic mass is 9.81. The van der Waals surface area contributed by atoms with E-state index in [9.17, 15) is 5.11 Å². The van der Waals surface area contributed by atoms with Crippen LogP contribution in [0.3, 0.4) is 0 Å². The average Bonchev–Trinajstić information content (AvgIpc) is 2.89. The van der Waals surface area contributed by atoms with Gasteiger partial charge in [-0.25, -0.2) is 4.98 Å². The van der Waals surface area contributed by atoms with Crippen LogP contribution in [0.4, 0.5) is 0 Å². The van der Waals surface area contributed by atoms with E-state index in [-0.39, 0.29) is 0 Å². The largest absolute Gasteiger partial charge is 0.480 e. The molecule has 4 heteroatoms. The summed E-state index contributed by atoms with van der Waals surface area (Å²) in [6, 6.07) is 0. The Balaban J connectivity index is 2.03. The van der Waals surface area contributed by atoms with Crippen molar-refractivity contribution in [1.82, 2.24) is 9.97 Å². The third-order valence-electron chi connectivity index (χ3n) is 4.08. The van der Waals surface area contributed by atoms with E-state index >= 15 is 0 Å². The quantitative estimate of drug-likeness (QED) is 0.820. The molecule has 86 valence electrons. The minimum atomic E-state index is -0.803. The zero-order valence-corrected chi connectivity index (χ0v) is 9.39. The van der Waals surface area contributed by atoms with Crippen LogP contribution >= 0.6 is 0 Å². The Morgan fingerprint density at radius 3 is 2.81 bits per heavy atom. The number of ether oxygens (including phenoxy) is 1. The van der Waals surface area contributed by atoms with Crippen LogP contribution in [-0.4, -0.2) is 22.2 Å². The molecule has 2 saturated carbocycles. The first-order valence-corrected chi connectivity index (χ1v) is 5.82. The van der Waals surface area contributed by atoms with Gasteiger partial charge >= 0.3 is 0 Å². The predicted octanol–water partition coefficient (Wildman–Crippen LogP) is 1.49. The molecule has 2 aliphatic rings. The Morgan fingerprint density at radius 1 is 1.38 bits per heavy atom. The lowest BCUT2D eigenvalue weighted by molar-refractivity contribution is -0.0246. The van der Waals surface area contributed by atoms with Crippen molar-refractivity contribution in [3.8, 4) is 5.88 Å². The molecule has 3 rings (SSSR count). The van der Waals surface area contributed by atoms with Crippen LogP contribution in [0, 0.1) is 11.8 Å². The molecule has 4 nitrogen and oxygen atoms in total. The first kappa shape index (κ1) is 10.0. The third-order valence-corrected chi connectivity index (χ3v) is 4.08. The van der Waals surface area contributed by atoms with Gasteiger partial charge in [-0.05, 0) is 37.5 Å². The van der Waals surface area contributed by atoms with Crippen molar-refractivity contribution >= 4 is 0 Å². The van der Waals surface area contributed by atoms with E-state index in [1.807, 2.05) is 0 Å². The Morgan fingerprint density at radius 2 is 2.19 bits per heavy atom. The van der Waals surface area contributed by atoms with Crippen LogP contribution in [0.5, 0.6) is 5.88 Å². The second-order valence-electron chi connectivity index (χ2n) is 4.92. The number of hydrogen-bond donors (Lipinski definition) is 1. The van der Waals surface area contributed by atoms with Gasteiger partial charge in [-0.15, -0.1) is 0 Å². The van der Waals surface area contributed by atoms with Crippen LogP contribution in [0.25, 0.3) is 0 Å². The molecule has 1 aromatic rings. The number of aromatic nitrogens is 2. The van der Waals surface area contributed by atoms with Crippen molar-refractivity contribution < 1.29 is 9.84 Å². The molecular formula is C12H16N2O2. The van der Waals surface area contributed by atoms with Crippen LogP contribution in [0.15, 0.2) is 12.4 Å². The second kappa shape index (κ2) is 3.42. The van der Waals surface area contributed by atoms with Gasteiger partial charge in [-0.2, -0.15) is 0 Å². The van der Waals surface area contributed by atoms with Gasteiger partial charge in [-0.3, -0.25) is 4.98 Å². The van der Waals surface area contributed by atoms with E-state index in [2.05, 4.69) is 9.97 Å². The van der Waals surface area contributed by atoms with Crippen LogP contribution in [-0.2, 0) is 5.60 Å². The number of rotatable bonds is 2. The molecule has 0 spiro atoms. The first-order valence-electron chi connectivity index (χ1n) is 5.82. The predicted molar refractivity (Wildman–Crippen MR) is 57.9 cm³/mol. The van der Waals surface area contributed by atoms with Gasteiger partial charge in [0.2, 0.25) is 5.88 Å². The van der Waals surface area contributed by atoms with Gasteiger partial charge in [0.25, 0.3) is 0 Å². The molecule has 1 aromatic heterocycles. The molecule has 3 unspecified atom stereocenters. The molecule has 1 heterocycles. The smallest absolute Gasteiger partial charge is 0.238 e. The van der Waals surface area contributed by atoms with Crippen LogP contribution < -0.4 is 4.74 Å². The molecule has 1 N–H and O–H groups in total. The summed E-state index contributed by atoms with van der Waals surface area (Å²) in [6.07, 6.45) is 7.50. The molecule has 2 fully saturated rings. The van der Waals surface area contributed by atoms with Gasteiger partial charge in [-0.1, -0.05) is 0 Å². The minimum absolute atomic E-state index is 0.336. The van der Waals surface area contributed by atoms with Crippen molar-refractivity contribution in [3.05, 3.63) is 18.1 Å². The van der Waals surface area contributed by atoms with Crippen LogP contribution in [0.1, 0.15) is 31.4 Å². The molecular weight excluding hydrogens is 204 g/mol. The van der Waals surface area contributed by atoms with Crippen molar-refractivity contribution in [1.29, 1.82) is 0 Å². The standard InChI is InChI=1S/C12H16N2O2/c1-16-11-10(13-4-5-14-11)12(15)7-8-2-3-9(12)6-8/h4-5,8-9,15H,2-3,6-7H2,1H3. The summed E-state index contributed by atoms with van der Waals surface area (Å²) in [5.74, 6) is 1.46. The van der Waals surface area contributed by atoms with Gasteiger partial charge in [0, 0.05) is 12.4 Å². The molecule has 0 amide bonds. The van der Waals surface area contributed by atoms with Crippen LogP contribution in [0.2, 0.25) is 0 Å². The highest BCUT2D eigenvalue weighted by atomic mass is 16.5. The maximum absolute atomic E-state index is 10.8. The molecule has 2 aliphatic carbocycles. The number of aliphatic hydroxyl groups is 1. The Kier molecular flexibility index (Phi) is 2.14. The zero-order valence-electron chi connectivity index (χ0n) is 9.39. The van der Waals surface area contributed by atoms with Crippen molar-refractivity contribution in [3.63, 3.8) is 0 Å². The van der Waals surface area contributed by atoms with E-state index in [0.717, 1.165) is 19.3 Å². The SMILES string of the molecule is COc1nccnc1C1(O)CC2CCC1C2. The topological polar surface area (TPSA) is 55.2 Å². The van der Waals surface area contributed by atoms with E-state index < -0.39 is 5.60 Å². The first-order chi connectivity index (χ1) is 7.74. The van der Waals surface area contributed by atoms with Gasteiger partial charge in [0.1, 0.15) is 11.3 Å². The Hall–Kier alpha value is -1.16. The minimum Gasteiger partial charge on any atom is -0.480 e. The van der Waals surface area contributed by atoms with Crippen molar-refractivity contribution in [2.45, 2.75) is 31.3 Å². The Labute approximate surface area is 94.7 Å². The maximum atomic E-state index is 10.8. The fourth-order valence-corrected chi connectivity index (χ4v) is 3.36. The molecule has 0 radical (unpaired) electrons. The molecule has 2 bridgehead atoms. The maximum Gasteiger partial charge on any atom is 0.238 e. The molecule has 0 aliphatic heterocycles. The van der Waals surface area contributed by atoms with E-state index in [1.165, 1.54) is 6.42 Å². The molecule has 0 saturated heterocycles. The summed E-state index contributed by atoms with van der Waals surface area (Å²) in [5.41, 5.74) is -0.174. The fourth-order valence-electron chi connectivity index (χ4n) is 3.36. The summed E-state index contributed by atoms with van der Waals surface area (Å²) in [5, 5.41) is 10.8. The molecule has 3 atom stereocenters. The van der Waals surface area contributed by atoms with Crippen molar-refractivity contribution in [2.75, 3.05) is 7.11 Å². The zero-order chi connectivity index (χ0) is 11.2. The fraction of sp³-hybridized carbons (Fsp3) is 0.667. The normalized spacial score (nSPS) is 36.6. The van der Waals surface area contributed by atoms with E-state index in [1.54, 1.807) is 19.5 Å². The number of fused-ring (bicyclic) bond motifs is 2. The van der Waals surface area contributed by atoms with Gasteiger partial charge < -0.3 is 9.84 Å². The summed E-state index contributed by atoms with van der Waals surface area (Å²) in [4.78, 5) is 8.41. The van der Waals surface area contributed by atoms with Gasteiger partial charge in [0.05, 0.1) is 7.11 Å². The number of methoxy groups -OCH3 is 1. The monoisotopic (exact) mass is 220 g/mol. The summed E-state index contributed by atoms with van der Waals surface area (Å²) in [6.45, 7) is 0. The third kappa shape index (κ3) is 1.26. The highest BCUT2D eigenvalue weighted by molar-refractivity contribution is 5.28. The number of hydrogen-bond acceptors (Lipinski definition) is 4. The Bertz CT molecular complexity index is 410. The van der Waals surface area contributed by atoms with E-state index in [0.29, 0.717) is 23.4 Å². The molecule has 0 aromatic carbocycles. The highest BCUT2D eigenvalue weighted by Gasteiger charge is 2.53. The summed E-state index contributed by atoms with van der Waals surface area (Å²) < 4.78 is 5.20. The van der Waals surface area contributed by atoms with E-state index in [4.69, 9.17) is 4.74 Å². The lowest BCUT2D eigenvalue weighted by Crippen LogP contribution is -2.33. The second-order valence-corrected chi connectivity index (χ2v) is 4.92. The highest BCUT2D eigenvalue weighted by Crippen LogP contribution is 2.56. The summed E-state index contributed by atoms with van der Waals surface area (Å²) >= 11 is 0. The van der Waals surface area contributed by atoms with Gasteiger partial charge in [0.15, 0.2) is 0 Å². The summed E-state index contributed by atoms with van der Waals surface area (Å²) in [7, 11) is 1.57. The lowest BCUT2D eigenvalue weighted by Gasteiger charge is -2.32. The number of nitrogens with zero attached hydrogens (tertiary/aromatic N) is 2. The molecule has 16 heavy (non-hydrogen) atoms.